The van der Waals surface area contributed by atoms with E-state index in [0.29, 0.717) is 5.56 Å². The van der Waals surface area contributed by atoms with Crippen LogP contribution in [0.2, 0.25) is 0 Å². The van der Waals surface area contributed by atoms with Crippen LogP contribution in [0.1, 0.15) is 11.1 Å². The summed E-state index contributed by atoms with van der Waals surface area (Å²) in [6.07, 6.45) is 1.01. The molecular weight excluding hydrogens is 156 g/mol. The first kappa shape index (κ1) is 8.39. The number of nitrogens with zero attached hydrogens (tertiary/aromatic N) is 1. The lowest BCUT2D eigenvalue weighted by atomic mass is 10.1. The van der Waals surface area contributed by atoms with E-state index in [9.17, 15) is 10.1 Å². The molecule has 0 saturated heterocycles. The molecule has 4 nitrogen and oxygen atoms in total. The second-order valence-electron chi connectivity index (χ2n) is 2.41. The molecule has 62 valence electrons. The van der Waals surface area contributed by atoms with Gasteiger partial charge >= 0.3 is 0 Å². The van der Waals surface area contributed by atoms with Crippen molar-refractivity contribution in [2.45, 2.75) is 6.92 Å². The van der Waals surface area contributed by atoms with Crippen molar-refractivity contribution in [3.63, 3.8) is 0 Å². The molecule has 0 radical (unpaired) electrons. The molecule has 0 aliphatic rings. The Morgan fingerprint density at radius 2 is 2.25 bits per heavy atom. The molecule has 0 aliphatic heterocycles. The molecule has 4 heteroatoms. The Morgan fingerprint density at radius 3 is 2.67 bits per heavy atom. The van der Waals surface area contributed by atoms with Crippen molar-refractivity contribution in [3.8, 4) is 0 Å². The smallest absolute Gasteiger partial charge is 0.278 e. The topological polar surface area (TPSA) is 67.0 Å². The Hall–Kier alpha value is -1.71. The van der Waals surface area contributed by atoms with Crippen LogP contribution in [0.4, 0.5) is 5.69 Å². The van der Waals surface area contributed by atoms with Crippen LogP contribution in [0.5, 0.6) is 0 Å². The highest BCUT2D eigenvalue weighted by molar-refractivity contribution is 5.85. The summed E-state index contributed by atoms with van der Waals surface area (Å²) in [6.45, 7) is 1.74. The Kier molecular flexibility index (Phi) is 2.19. The summed E-state index contributed by atoms with van der Waals surface area (Å²) in [5, 5.41) is 17.4. The van der Waals surface area contributed by atoms with Gasteiger partial charge in [-0.15, -0.1) is 0 Å². The molecule has 0 spiro atoms. The lowest BCUT2D eigenvalue weighted by Gasteiger charge is -1.98. The van der Waals surface area contributed by atoms with Crippen LogP contribution in [-0.4, -0.2) is 11.1 Å². The van der Waals surface area contributed by atoms with Crippen LogP contribution >= 0.6 is 0 Å². The predicted molar refractivity (Wildman–Crippen MR) is 45.7 cm³/mol. The molecule has 0 aromatic heterocycles. The molecule has 1 rings (SSSR count). The van der Waals surface area contributed by atoms with E-state index in [-0.39, 0.29) is 5.69 Å². The first-order valence-electron chi connectivity index (χ1n) is 3.41. The van der Waals surface area contributed by atoms with Crippen LogP contribution in [0, 0.1) is 22.4 Å². The molecule has 0 unspecified atom stereocenters. The maximum absolute atomic E-state index is 10.4. The first-order valence-corrected chi connectivity index (χ1v) is 3.41. The van der Waals surface area contributed by atoms with Gasteiger partial charge in [0, 0.05) is 12.3 Å². The average Bonchev–Trinajstić information content (AvgIpc) is 2.03. The number of nitro groups is 1. The van der Waals surface area contributed by atoms with Crippen LogP contribution in [0.15, 0.2) is 18.2 Å². The number of nitrogens with one attached hydrogen (secondary N) is 1. The van der Waals surface area contributed by atoms with E-state index >= 15 is 0 Å². The SMILES string of the molecule is Cc1cccc([N+](=O)[O-])c1C=N. The van der Waals surface area contributed by atoms with Crippen molar-refractivity contribution in [1.82, 2.24) is 0 Å². The van der Waals surface area contributed by atoms with E-state index in [1.165, 1.54) is 6.07 Å². The van der Waals surface area contributed by atoms with Gasteiger partial charge in [0.15, 0.2) is 0 Å². The molecule has 0 fully saturated rings. The number of aryl methyl sites for hydroxylation is 1. The van der Waals surface area contributed by atoms with Gasteiger partial charge in [0.1, 0.15) is 0 Å². The Labute approximate surface area is 69.5 Å². The molecule has 0 amide bonds. The fourth-order valence-corrected chi connectivity index (χ4v) is 1.01. The Balaban J connectivity index is 3.37. The summed E-state index contributed by atoms with van der Waals surface area (Å²) in [4.78, 5) is 9.96. The van der Waals surface area contributed by atoms with E-state index in [1.807, 2.05) is 0 Å². The van der Waals surface area contributed by atoms with Crippen molar-refractivity contribution < 1.29 is 4.92 Å². The molecule has 0 bridgehead atoms. The van der Waals surface area contributed by atoms with E-state index in [0.717, 1.165) is 11.8 Å². The molecule has 0 aliphatic carbocycles. The third-order valence-electron chi connectivity index (χ3n) is 1.64. The fourth-order valence-electron chi connectivity index (χ4n) is 1.01. The zero-order valence-corrected chi connectivity index (χ0v) is 6.57. The molecule has 0 heterocycles. The zero-order chi connectivity index (χ0) is 9.14. The summed E-state index contributed by atoms with van der Waals surface area (Å²) in [7, 11) is 0. The quantitative estimate of drug-likeness (QED) is 0.412. The van der Waals surface area contributed by atoms with Gasteiger partial charge in [-0.25, -0.2) is 0 Å². The average molecular weight is 164 g/mol. The lowest BCUT2D eigenvalue weighted by Crippen LogP contribution is -1.96. The minimum atomic E-state index is -0.479. The van der Waals surface area contributed by atoms with Gasteiger partial charge < -0.3 is 5.41 Å². The first-order chi connectivity index (χ1) is 5.66. The van der Waals surface area contributed by atoms with Gasteiger partial charge in [0.05, 0.1) is 10.5 Å². The van der Waals surface area contributed by atoms with E-state index in [2.05, 4.69) is 0 Å². The van der Waals surface area contributed by atoms with Crippen molar-refractivity contribution in [1.29, 1.82) is 5.41 Å². The second kappa shape index (κ2) is 3.13. The van der Waals surface area contributed by atoms with E-state index in [1.54, 1.807) is 19.1 Å². The molecule has 1 aromatic carbocycles. The van der Waals surface area contributed by atoms with Crippen LogP contribution < -0.4 is 0 Å². The molecule has 1 aromatic rings. The minimum absolute atomic E-state index is 0.00926. The fraction of sp³-hybridized carbons (Fsp3) is 0.125. The summed E-state index contributed by atoms with van der Waals surface area (Å²) in [5.41, 5.74) is 1.12. The summed E-state index contributed by atoms with van der Waals surface area (Å²) in [6, 6.07) is 4.75. The summed E-state index contributed by atoms with van der Waals surface area (Å²) >= 11 is 0. The number of benzene rings is 1. The van der Waals surface area contributed by atoms with Gasteiger partial charge in [-0.3, -0.25) is 10.1 Å². The van der Waals surface area contributed by atoms with Gasteiger partial charge in [-0.2, -0.15) is 0 Å². The maximum Gasteiger partial charge on any atom is 0.278 e. The summed E-state index contributed by atoms with van der Waals surface area (Å²) < 4.78 is 0. The molecular formula is C8H8N2O2. The number of hydrogen-bond acceptors (Lipinski definition) is 3. The standard InChI is InChI=1S/C8H8N2O2/c1-6-3-2-4-8(10(11)12)7(6)5-9/h2-5,9H,1H3. The Morgan fingerprint density at radius 1 is 1.58 bits per heavy atom. The Bertz CT molecular complexity index is 334. The normalized spacial score (nSPS) is 9.42. The number of hydrogen-bond donors (Lipinski definition) is 1. The van der Waals surface area contributed by atoms with E-state index < -0.39 is 4.92 Å². The van der Waals surface area contributed by atoms with Crippen LogP contribution in [0.3, 0.4) is 0 Å². The minimum Gasteiger partial charge on any atom is -0.308 e. The van der Waals surface area contributed by atoms with Crippen LogP contribution in [0.25, 0.3) is 0 Å². The highest BCUT2D eigenvalue weighted by Crippen LogP contribution is 2.18. The largest absolute Gasteiger partial charge is 0.308 e. The molecule has 0 atom stereocenters. The van der Waals surface area contributed by atoms with Crippen molar-refractivity contribution in [2.24, 2.45) is 0 Å². The maximum atomic E-state index is 10.4. The zero-order valence-electron chi connectivity index (χ0n) is 6.57. The summed E-state index contributed by atoms with van der Waals surface area (Å²) in [5.74, 6) is 0. The second-order valence-corrected chi connectivity index (χ2v) is 2.41. The predicted octanol–water partition coefficient (Wildman–Crippen LogP) is 1.90. The number of rotatable bonds is 2. The molecule has 1 N–H and O–H groups in total. The van der Waals surface area contributed by atoms with Crippen LogP contribution in [-0.2, 0) is 0 Å². The highest BCUT2D eigenvalue weighted by atomic mass is 16.6. The third kappa shape index (κ3) is 1.32. The van der Waals surface area contributed by atoms with Crippen molar-refractivity contribution in [3.05, 3.63) is 39.4 Å². The van der Waals surface area contributed by atoms with Gasteiger partial charge in [0.25, 0.3) is 5.69 Å². The molecule has 12 heavy (non-hydrogen) atoms. The highest BCUT2D eigenvalue weighted by Gasteiger charge is 2.12. The van der Waals surface area contributed by atoms with Gasteiger partial charge in [-0.05, 0) is 12.5 Å². The van der Waals surface area contributed by atoms with Crippen molar-refractivity contribution >= 4 is 11.9 Å². The lowest BCUT2D eigenvalue weighted by molar-refractivity contribution is -0.385. The van der Waals surface area contributed by atoms with E-state index in [4.69, 9.17) is 5.41 Å². The van der Waals surface area contributed by atoms with Gasteiger partial charge in [0.2, 0.25) is 0 Å². The third-order valence-corrected chi connectivity index (χ3v) is 1.64. The monoisotopic (exact) mass is 164 g/mol. The number of nitro benzene ring substituents is 1. The molecule has 0 saturated carbocycles. The van der Waals surface area contributed by atoms with Gasteiger partial charge in [-0.1, -0.05) is 12.1 Å². The van der Waals surface area contributed by atoms with Crippen molar-refractivity contribution in [2.75, 3.05) is 0 Å².